The van der Waals surface area contributed by atoms with Gasteiger partial charge in [-0.15, -0.1) is 0 Å². The van der Waals surface area contributed by atoms with Gasteiger partial charge in [0.05, 0.1) is 5.69 Å². The minimum Gasteiger partial charge on any atom is -0.380 e. The summed E-state index contributed by atoms with van der Waals surface area (Å²) in [6.45, 7) is 8.91. The quantitative estimate of drug-likeness (QED) is 0.588. The van der Waals surface area contributed by atoms with Crippen molar-refractivity contribution in [1.29, 1.82) is 0 Å². The first kappa shape index (κ1) is 13.2. The standard InChI is InChI=1S/C12H20N2OS.H2/c1-4-7-8-13-9-10(12(16)11(9)15)14(5-2)6-3;/h13H,4-8H2,1-3H3;1H. The van der Waals surface area contributed by atoms with E-state index in [0.29, 0.717) is 4.51 Å². The van der Waals surface area contributed by atoms with Gasteiger partial charge in [0, 0.05) is 21.1 Å². The third-order valence-electron chi connectivity index (χ3n) is 2.80. The van der Waals surface area contributed by atoms with Crippen molar-refractivity contribution >= 4 is 23.6 Å². The van der Waals surface area contributed by atoms with E-state index >= 15 is 0 Å². The Morgan fingerprint density at radius 1 is 1.31 bits per heavy atom. The molecule has 0 saturated heterocycles. The molecule has 1 aromatic carbocycles. The summed E-state index contributed by atoms with van der Waals surface area (Å²) >= 11 is 5.10. The molecule has 92 valence electrons. The van der Waals surface area contributed by atoms with Crippen LogP contribution in [0.5, 0.6) is 0 Å². The summed E-state index contributed by atoms with van der Waals surface area (Å²) in [6, 6.07) is 0. The Morgan fingerprint density at radius 3 is 2.44 bits per heavy atom. The van der Waals surface area contributed by atoms with Gasteiger partial charge in [0.2, 0.25) is 5.43 Å². The van der Waals surface area contributed by atoms with Crippen molar-refractivity contribution in [2.24, 2.45) is 0 Å². The predicted molar refractivity (Wildman–Crippen MR) is 75.0 cm³/mol. The van der Waals surface area contributed by atoms with Gasteiger partial charge in [-0.1, -0.05) is 25.6 Å². The van der Waals surface area contributed by atoms with Gasteiger partial charge in [0.1, 0.15) is 10.2 Å². The number of hydrogen-bond acceptors (Lipinski definition) is 4. The first-order valence-electron chi connectivity index (χ1n) is 5.99. The van der Waals surface area contributed by atoms with E-state index in [1.807, 2.05) is 0 Å². The van der Waals surface area contributed by atoms with Crippen LogP contribution in [0.2, 0.25) is 0 Å². The first-order chi connectivity index (χ1) is 7.67. The molecule has 0 amide bonds. The Morgan fingerprint density at radius 2 is 1.94 bits per heavy atom. The number of hydrogen-bond donors (Lipinski definition) is 1. The van der Waals surface area contributed by atoms with Crippen LogP contribution < -0.4 is 15.6 Å². The maximum Gasteiger partial charge on any atom is 0.223 e. The fourth-order valence-electron chi connectivity index (χ4n) is 1.78. The van der Waals surface area contributed by atoms with E-state index in [1.165, 1.54) is 0 Å². The number of anilines is 2. The lowest BCUT2D eigenvalue weighted by atomic mass is 10.1. The summed E-state index contributed by atoms with van der Waals surface area (Å²) in [4.78, 5) is 13.8. The summed E-state index contributed by atoms with van der Waals surface area (Å²) in [7, 11) is 0. The average Bonchev–Trinajstić information content (AvgIpc) is 2.32. The fraction of sp³-hybridized carbons (Fsp3) is 0.667. The predicted octanol–water partition coefficient (Wildman–Crippen LogP) is 2.96. The molecule has 1 aromatic rings. The lowest BCUT2D eigenvalue weighted by Crippen LogP contribution is -2.31. The van der Waals surface area contributed by atoms with E-state index in [4.69, 9.17) is 12.2 Å². The highest BCUT2D eigenvalue weighted by Gasteiger charge is 2.20. The molecule has 0 aliphatic carbocycles. The number of rotatable bonds is 7. The van der Waals surface area contributed by atoms with Crippen molar-refractivity contribution in [3.8, 4) is 0 Å². The Kier molecular flexibility index (Phi) is 4.93. The third-order valence-corrected chi connectivity index (χ3v) is 3.18. The molecule has 0 bridgehead atoms. The van der Waals surface area contributed by atoms with Crippen LogP contribution in [0, 0.1) is 4.51 Å². The molecule has 16 heavy (non-hydrogen) atoms. The molecule has 0 atom stereocenters. The summed E-state index contributed by atoms with van der Waals surface area (Å²) in [5.74, 6) is 0. The number of unbranched alkanes of at least 4 members (excludes halogenated alkanes) is 1. The molecule has 0 aliphatic rings. The van der Waals surface area contributed by atoms with Crippen molar-refractivity contribution in [2.45, 2.75) is 33.6 Å². The van der Waals surface area contributed by atoms with Crippen LogP contribution in [0.3, 0.4) is 0 Å². The molecule has 0 aliphatic heterocycles. The molecular weight excluding hydrogens is 220 g/mol. The highest BCUT2D eigenvalue weighted by molar-refractivity contribution is 7.71. The monoisotopic (exact) mass is 242 g/mol. The Labute approximate surface area is 104 Å². The summed E-state index contributed by atoms with van der Waals surface area (Å²) in [6.07, 6.45) is 2.20. The van der Waals surface area contributed by atoms with Gasteiger partial charge < -0.3 is 10.2 Å². The van der Waals surface area contributed by atoms with Crippen molar-refractivity contribution in [1.82, 2.24) is 0 Å². The molecule has 0 saturated carbocycles. The van der Waals surface area contributed by atoms with E-state index in [1.54, 1.807) is 0 Å². The molecular formula is C12H22N2OS. The van der Waals surface area contributed by atoms with Gasteiger partial charge in [-0.25, -0.2) is 0 Å². The van der Waals surface area contributed by atoms with Crippen molar-refractivity contribution in [3.05, 3.63) is 14.7 Å². The second-order valence-electron chi connectivity index (χ2n) is 3.83. The van der Waals surface area contributed by atoms with Gasteiger partial charge in [0.25, 0.3) is 0 Å². The Hall–Kier alpha value is -0.900. The van der Waals surface area contributed by atoms with E-state index in [9.17, 15) is 4.79 Å². The van der Waals surface area contributed by atoms with Gasteiger partial charge in [-0.05, 0) is 20.3 Å². The van der Waals surface area contributed by atoms with Gasteiger partial charge in [-0.2, -0.15) is 0 Å². The molecule has 0 heterocycles. The van der Waals surface area contributed by atoms with E-state index < -0.39 is 0 Å². The summed E-state index contributed by atoms with van der Waals surface area (Å²) in [5.41, 5.74) is 1.68. The van der Waals surface area contributed by atoms with Crippen LogP contribution in [0.1, 0.15) is 35.0 Å². The zero-order chi connectivity index (χ0) is 12.1. The summed E-state index contributed by atoms with van der Waals surface area (Å²) < 4.78 is 0.489. The number of nitrogens with one attached hydrogen (secondary N) is 1. The van der Waals surface area contributed by atoms with Gasteiger partial charge in [0.15, 0.2) is 0 Å². The van der Waals surface area contributed by atoms with Gasteiger partial charge in [-0.3, -0.25) is 4.79 Å². The molecule has 0 fully saturated rings. The van der Waals surface area contributed by atoms with Crippen LogP contribution in [-0.4, -0.2) is 19.6 Å². The van der Waals surface area contributed by atoms with Crippen molar-refractivity contribution in [3.63, 3.8) is 0 Å². The molecule has 0 spiro atoms. The van der Waals surface area contributed by atoms with Crippen LogP contribution in [0.4, 0.5) is 11.4 Å². The molecule has 0 aromatic heterocycles. The highest BCUT2D eigenvalue weighted by atomic mass is 32.1. The zero-order valence-electron chi connectivity index (χ0n) is 10.3. The van der Waals surface area contributed by atoms with E-state index in [0.717, 1.165) is 43.9 Å². The molecule has 0 radical (unpaired) electrons. The lowest BCUT2D eigenvalue weighted by Gasteiger charge is -2.26. The molecule has 1 rings (SSSR count). The van der Waals surface area contributed by atoms with Crippen molar-refractivity contribution < 1.29 is 1.43 Å². The maximum absolute atomic E-state index is 11.6. The lowest BCUT2D eigenvalue weighted by molar-refractivity contribution is 0.825. The van der Waals surface area contributed by atoms with E-state index in [2.05, 4.69) is 31.0 Å². The third kappa shape index (κ3) is 2.43. The van der Waals surface area contributed by atoms with Crippen LogP contribution in [0.15, 0.2) is 4.79 Å². The van der Waals surface area contributed by atoms with Crippen LogP contribution in [-0.2, 0) is 0 Å². The SMILES string of the molecule is CCCCNc1c(N(CC)CC)c(=S)c1=O.[HH]. The molecule has 4 heteroatoms. The van der Waals surface area contributed by atoms with Crippen molar-refractivity contribution in [2.75, 3.05) is 29.9 Å². The van der Waals surface area contributed by atoms with E-state index in [-0.39, 0.29) is 6.86 Å². The normalized spacial score (nSPS) is 10.7. The average molecular weight is 242 g/mol. The zero-order valence-corrected chi connectivity index (χ0v) is 11.1. The summed E-state index contributed by atoms with van der Waals surface area (Å²) in [5, 5.41) is 3.20. The second kappa shape index (κ2) is 5.99. The van der Waals surface area contributed by atoms with Crippen LogP contribution in [0.25, 0.3) is 0 Å². The smallest absolute Gasteiger partial charge is 0.223 e. The Bertz CT molecular complexity index is 409. The maximum atomic E-state index is 11.6. The molecule has 3 nitrogen and oxygen atoms in total. The highest BCUT2D eigenvalue weighted by Crippen LogP contribution is 2.27. The minimum atomic E-state index is 0. The molecule has 0 unspecified atom stereocenters. The first-order valence-corrected chi connectivity index (χ1v) is 6.40. The fourth-order valence-corrected chi connectivity index (χ4v) is 2.11. The molecule has 1 N–H and O–H groups in total. The minimum absolute atomic E-state index is 0. The Balaban J connectivity index is 0.00000256. The topological polar surface area (TPSA) is 32.3 Å². The van der Waals surface area contributed by atoms with Gasteiger partial charge >= 0.3 is 0 Å². The number of nitrogens with zero attached hydrogens (tertiary/aromatic N) is 1. The largest absolute Gasteiger partial charge is 0.380 e. The van der Waals surface area contributed by atoms with Crippen LogP contribution >= 0.6 is 12.2 Å². The second-order valence-corrected chi connectivity index (χ2v) is 4.24.